The quantitative estimate of drug-likeness (QED) is 0.491. The van der Waals surface area contributed by atoms with Gasteiger partial charge >= 0.3 is 0 Å². The highest BCUT2D eigenvalue weighted by Gasteiger charge is 2.30. The van der Waals surface area contributed by atoms with Crippen molar-refractivity contribution in [3.8, 4) is 0 Å². The zero-order chi connectivity index (χ0) is 20.9. The molecule has 0 spiro atoms. The van der Waals surface area contributed by atoms with Gasteiger partial charge in [-0.15, -0.1) is 0 Å². The fraction of sp³-hybridized carbons (Fsp3) is 0.333. The molecule has 1 atom stereocenters. The zero-order valence-electron chi connectivity index (χ0n) is 18.0. The molecule has 1 aliphatic heterocycles. The van der Waals surface area contributed by atoms with Crippen LogP contribution in [0.5, 0.6) is 0 Å². The Labute approximate surface area is 180 Å². The standard InChI is InChI=1S/C27H31FN2/c1-3-22-8-12-25(13-9-22)27-29(19-23-10-14-26(28)15-11-23)16-5-17-30(27)20-24-7-4-6-21(2)18-24/h4,6-15,18,27H,3,5,16-17,19-20H2,1-2H3/t27-/m0/s1. The molecule has 1 heterocycles. The molecule has 0 aromatic heterocycles. The predicted octanol–water partition coefficient (Wildman–Crippen LogP) is 6.10. The summed E-state index contributed by atoms with van der Waals surface area (Å²) in [6.45, 7) is 8.23. The first kappa shape index (κ1) is 20.8. The number of rotatable bonds is 6. The van der Waals surface area contributed by atoms with E-state index in [-0.39, 0.29) is 12.0 Å². The van der Waals surface area contributed by atoms with Crippen LogP contribution in [0.25, 0.3) is 0 Å². The molecule has 1 saturated heterocycles. The maximum Gasteiger partial charge on any atom is 0.123 e. The average molecular weight is 403 g/mol. The van der Waals surface area contributed by atoms with Crippen LogP contribution in [0.15, 0.2) is 72.8 Å². The van der Waals surface area contributed by atoms with Crippen LogP contribution in [0.4, 0.5) is 4.39 Å². The van der Waals surface area contributed by atoms with Crippen molar-refractivity contribution in [2.24, 2.45) is 0 Å². The van der Waals surface area contributed by atoms with Crippen LogP contribution in [-0.4, -0.2) is 22.9 Å². The van der Waals surface area contributed by atoms with Gasteiger partial charge in [-0.3, -0.25) is 9.80 Å². The molecule has 0 N–H and O–H groups in total. The van der Waals surface area contributed by atoms with Gasteiger partial charge in [0.25, 0.3) is 0 Å². The number of benzene rings is 3. The Bertz CT molecular complexity index is 949. The maximum atomic E-state index is 13.4. The molecule has 0 saturated carbocycles. The Balaban J connectivity index is 1.63. The molecule has 156 valence electrons. The molecule has 4 rings (SSSR count). The van der Waals surface area contributed by atoms with Crippen LogP contribution >= 0.6 is 0 Å². The largest absolute Gasteiger partial charge is 0.280 e. The molecular formula is C27H31FN2. The molecule has 3 aromatic carbocycles. The highest BCUT2D eigenvalue weighted by atomic mass is 19.1. The van der Waals surface area contributed by atoms with Crippen LogP contribution in [0.2, 0.25) is 0 Å². The van der Waals surface area contributed by atoms with Crippen molar-refractivity contribution < 1.29 is 4.39 Å². The first-order valence-electron chi connectivity index (χ1n) is 11.0. The lowest BCUT2D eigenvalue weighted by molar-refractivity contribution is -0.00911. The van der Waals surface area contributed by atoms with Crippen molar-refractivity contribution in [3.63, 3.8) is 0 Å². The Morgan fingerprint density at radius 2 is 1.43 bits per heavy atom. The van der Waals surface area contributed by atoms with Crippen LogP contribution in [-0.2, 0) is 19.5 Å². The van der Waals surface area contributed by atoms with Crippen molar-refractivity contribution in [2.45, 2.75) is 45.9 Å². The number of halogens is 1. The summed E-state index contributed by atoms with van der Waals surface area (Å²) >= 11 is 0. The summed E-state index contributed by atoms with van der Waals surface area (Å²) in [5.41, 5.74) is 6.51. The van der Waals surface area contributed by atoms with Gasteiger partial charge in [0.1, 0.15) is 5.82 Å². The molecule has 1 aliphatic rings. The molecular weight excluding hydrogens is 371 g/mol. The SMILES string of the molecule is CCc1ccc([C@H]2N(Cc3ccc(F)cc3)CCCN2Cc2cccc(C)c2)cc1. The van der Waals surface area contributed by atoms with E-state index in [4.69, 9.17) is 0 Å². The number of hydrogen-bond donors (Lipinski definition) is 0. The van der Waals surface area contributed by atoms with Gasteiger partial charge in [0.2, 0.25) is 0 Å². The Kier molecular flexibility index (Phi) is 6.61. The summed E-state index contributed by atoms with van der Waals surface area (Å²) in [7, 11) is 0. The third-order valence-corrected chi connectivity index (χ3v) is 6.04. The average Bonchev–Trinajstić information content (AvgIpc) is 2.76. The van der Waals surface area contributed by atoms with E-state index in [1.807, 2.05) is 12.1 Å². The van der Waals surface area contributed by atoms with Crippen molar-refractivity contribution in [1.29, 1.82) is 0 Å². The second-order valence-electron chi connectivity index (χ2n) is 8.38. The molecule has 30 heavy (non-hydrogen) atoms. The molecule has 0 bridgehead atoms. The smallest absolute Gasteiger partial charge is 0.123 e. The monoisotopic (exact) mass is 402 g/mol. The lowest BCUT2D eigenvalue weighted by Gasteiger charge is -2.44. The van der Waals surface area contributed by atoms with Crippen molar-refractivity contribution >= 4 is 0 Å². The third-order valence-electron chi connectivity index (χ3n) is 6.04. The van der Waals surface area contributed by atoms with E-state index < -0.39 is 0 Å². The lowest BCUT2D eigenvalue weighted by Crippen LogP contribution is -2.46. The predicted molar refractivity (Wildman–Crippen MR) is 122 cm³/mol. The summed E-state index contributed by atoms with van der Waals surface area (Å²) in [4.78, 5) is 5.12. The van der Waals surface area contributed by atoms with E-state index in [2.05, 4.69) is 72.2 Å². The molecule has 0 radical (unpaired) electrons. The van der Waals surface area contributed by atoms with Gasteiger partial charge < -0.3 is 0 Å². The topological polar surface area (TPSA) is 6.48 Å². The number of hydrogen-bond acceptors (Lipinski definition) is 2. The van der Waals surface area contributed by atoms with E-state index in [0.29, 0.717) is 0 Å². The Hall–Kier alpha value is -2.49. The lowest BCUT2D eigenvalue weighted by atomic mass is 10.0. The summed E-state index contributed by atoms with van der Waals surface area (Å²) in [6, 6.07) is 24.8. The van der Waals surface area contributed by atoms with Crippen LogP contribution in [0, 0.1) is 12.7 Å². The van der Waals surface area contributed by atoms with Gasteiger partial charge in [-0.25, -0.2) is 4.39 Å². The number of aryl methyl sites for hydroxylation is 2. The number of nitrogens with zero attached hydrogens (tertiary/aromatic N) is 2. The zero-order valence-corrected chi connectivity index (χ0v) is 18.0. The molecule has 0 aliphatic carbocycles. The highest BCUT2D eigenvalue weighted by molar-refractivity contribution is 5.27. The van der Waals surface area contributed by atoms with Gasteiger partial charge in [-0.05, 0) is 54.2 Å². The van der Waals surface area contributed by atoms with Crippen molar-refractivity contribution in [2.75, 3.05) is 13.1 Å². The second-order valence-corrected chi connectivity index (χ2v) is 8.38. The van der Waals surface area contributed by atoms with E-state index in [1.165, 1.54) is 22.3 Å². The molecule has 3 heteroatoms. The fourth-order valence-electron chi connectivity index (χ4n) is 4.50. The first-order chi connectivity index (χ1) is 14.6. The summed E-state index contributed by atoms with van der Waals surface area (Å²) in [6.07, 6.45) is 2.41. The highest BCUT2D eigenvalue weighted by Crippen LogP contribution is 2.32. The Morgan fingerprint density at radius 1 is 0.800 bits per heavy atom. The summed E-state index contributed by atoms with van der Waals surface area (Å²) < 4.78 is 13.4. The van der Waals surface area contributed by atoms with Gasteiger partial charge in [-0.2, -0.15) is 0 Å². The summed E-state index contributed by atoms with van der Waals surface area (Å²) in [5, 5.41) is 0. The Morgan fingerprint density at radius 3 is 2.07 bits per heavy atom. The van der Waals surface area contributed by atoms with Gasteiger partial charge in [0, 0.05) is 26.2 Å². The van der Waals surface area contributed by atoms with Crippen LogP contribution in [0.1, 0.15) is 47.3 Å². The van der Waals surface area contributed by atoms with Crippen LogP contribution < -0.4 is 0 Å². The van der Waals surface area contributed by atoms with Crippen molar-refractivity contribution in [1.82, 2.24) is 9.80 Å². The molecule has 0 amide bonds. The minimum absolute atomic E-state index is 0.176. The van der Waals surface area contributed by atoms with E-state index in [0.717, 1.165) is 44.6 Å². The molecule has 3 aromatic rings. The van der Waals surface area contributed by atoms with E-state index in [9.17, 15) is 4.39 Å². The normalized spacial score (nSPS) is 17.9. The first-order valence-corrected chi connectivity index (χ1v) is 11.0. The molecule has 2 nitrogen and oxygen atoms in total. The molecule has 0 unspecified atom stereocenters. The van der Waals surface area contributed by atoms with Gasteiger partial charge in [-0.1, -0.05) is 73.2 Å². The van der Waals surface area contributed by atoms with Crippen LogP contribution in [0.3, 0.4) is 0 Å². The maximum absolute atomic E-state index is 13.4. The molecule has 1 fully saturated rings. The van der Waals surface area contributed by atoms with E-state index >= 15 is 0 Å². The fourth-order valence-corrected chi connectivity index (χ4v) is 4.50. The summed E-state index contributed by atoms with van der Waals surface area (Å²) in [5.74, 6) is -0.176. The van der Waals surface area contributed by atoms with Crippen molar-refractivity contribution in [3.05, 3.63) is 106 Å². The minimum Gasteiger partial charge on any atom is -0.280 e. The minimum atomic E-state index is -0.176. The van der Waals surface area contributed by atoms with E-state index in [1.54, 1.807) is 12.1 Å². The van der Waals surface area contributed by atoms with Gasteiger partial charge in [0.05, 0.1) is 6.17 Å². The third kappa shape index (κ3) is 4.97. The van der Waals surface area contributed by atoms with Gasteiger partial charge in [0.15, 0.2) is 0 Å². The second kappa shape index (κ2) is 9.55.